The molecule has 4 aromatic rings. The number of ether oxygens (including phenoxy) is 1. The number of benzene rings is 3. The Bertz CT molecular complexity index is 1200. The number of phenolic OH excluding ortho intramolecular Hbond substituents is 1. The van der Waals surface area contributed by atoms with Crippen LogP contribution in [0.25, 0.3) is 33.6 Å². The Balaban J connectivity index is 1.84. The number of rotatable bonds is 2. The topological polar surface area (TPSA) is 42.4 Å². The SMILES string of the molecule is Oc1ccccc1-c1cc(-c2ccccc2Cl)c2c(n1)-c1ccccc1OC2. The van der Waals surface area contributed by atoms with Gasteiger partial charge in [0, 0.05) is 27.3 Å². The van der Waals surface area contributed by atoms with Crippen molar-refractivity contribution in [1.29, 1.82) is 0 Å². The largest absolute Gasteiger partial charge is 0.507 e. The second-order valence-electron chi connectivity index (χ2n) is 6.66. The van der Waals surface area contributed by atoms with Crippen LogP contribution in [0, 0.1) is 0 Å². The fourth-order valence-electron chi connectivity index (χ4n) is 3.63. The van der Waals surface area contributed by atoms with E-state index in [0.29, 0.717) is 22.9 Å². The fraction of sp³-hybridized carbons (Fsp3) is 0.0417. The van der Waals surface area contributed by atoms with E-state index in [0.717, 1.165) is 33.7 Å². The molecule has 0 bridgehead atoms. The number of hydrogen-bond donors (Lipinski definition) is 1. The zero-order chi connectivity index (χ0) is 19.1. The summed E-state index contributed by atoms with van der Waals surface area (Å²) >= 11 is 6.52. The molecule has 0 fully saturated rings. The third-order valence-electron chi connectivity index (χ3n) is 4.98. The van der Waals surface area contributed by atoms with E-state index in [1.54, 1.807) is 12.1 Å². The highest BCUT2D eigenvalue weighted by molar-refractivity contribution is 6.33. The number of pyridine rings is 1. The van der Waals surface area contributed by atoms with E-state index in [1.807, 2.05) is 66.7 Å². The quantitative estimate of drug-likeness (QED) is 0.438. The van der Waals surface area contributed by atoms with Gasteiger partial charge in [0.2, 0.25) is 0 Å². The Morgan fingerprint density at radius 3 is 2.25 bits per heavy atom. The van der Waals surface area contributed by atoms with Crippen LogP contribution in [-0.4, -0.2) is 10.1 Å². The van der Waals surface area contributed by atoms with E-state index in [1.165, 1.54) is 0 Å². The predicted octanol–water partition coefficient (Wildman–Crippen LogP) is 6.33. The number of hydrogen-bond acceptors (Lipinski definition) is 3. The second-order valence-corrected chi connectivity index (χ2v) is 7.07. The summed E-state index contributed by atoms with van der Waals surface area (Å²) in [5.74, 6) is 1.00. The molecule has 4 heteroatoms. The summed E-state index contributed by atoms with van der Waals surface area (Å²) in [6.45, 7) is 0.418. The molecule has 0 saturated heterocycles. The summed E-state index contributed by atoms with van der Waals surface area (Å²) in [4.78, 5) is 4.92. The van der Waals surface area contributed by atoms with Gasteiger partial charge in [-0.2, -0.15) is 0 Å². The lowest BCUT2D eigenvalue weighted by Gasteiger charge is -2.24. The van der Waals surface area contributed by atoms with E-state index in [-0.39, 0.29) is 5.75 Å². The van der Waals surface area contributed by atoms with Crippen molar-refractivity contribution in [2.24, 2.45) is 0 Å². The molecule has 0 aliphatic carbocycles. The molecule has 0 spiro atoms. The molecule has 28 heavy (non-hydrogen) atoms. The van der Waals surface area contributed by atoms with Gasteiger partial charge < -0.3 is 9.84 Å². The first-order valence-electron chi connectivity index (χ1n) is 9.02. The van der Waals surface area contributed by atoms with Gasteiger partial charge in [-0.05, 0) is 42.0 Å². The van der Waals surface area contributed by atoms with Crippen molar-refractivity contribution in [1.82, 2.24) is 4.98 Å². The molecule has 1 N–H and O–H groups in total. The van der Waals surface area contributed by atoms with Crippen LogP contribution in [0.1, 0.15) is 5.56 Å². The molecule has 1 aliphatic heterocycles. The molecule has 3 aromatic carbocycles. The standard InChI is InChI=1S/C24H16ClNO2/c25-20-10-4-1-7-15(20)18-13-21(16-8-2-5-11-22(16)27)26-24-17-9-3-6-12-23(17)28-14-19(18)24/h1-13,27H,14H2. The Labute approximate surface area is 167 Å². The molecule has 0 amide bonds. The monoisotopic (exact) mass is 385 g/mol. The number of phenols is 1. The average Bonchev–Trinajstić information content (AvgIpc) is 2.73. The van der Waals surface area contributed by atoms with Crippen molar-refractivity contribution in [2.75, 3.05) is 0 Å². The van der Waals surface area contributed by atoms with Gasteiger partial charge in [0.1, 0.15) is 18.1 Å². The summed E-state index contributed by atoms with van der Waals surface area (Å²) in [7, 11) is 0. The summed E-state index contributed by atoms with van der Waals surface area (Å²) in [6.07, 6.45) is 0. The van der Waals surface area contributed by atoms with Crippen molar-refractivity contribution in [2.45, 2.75) is 6.61 Å². The summed E-state index contributed by atoms with van der Waals surface area (Å²) in [5.41, 5.74) is 6.05. The third kappa shape index (κ3) is 2.72. The minimum absolute atomic E-state index is 0.195. The number of nitrogens with zero attached hydrogens (tertiary/aromatic N) is 1. The van der Waals surface area contributed by atoms with Gasteiger partial charge in [0.05, 0.1) is 11.4 Å². The highest BCUT2D eigenvalue weighted by Crippen LogP contribution is 2.44. The van der Waals surface area contributed by atoms with E-state index in [9.17, 15) is 5.11 Å². The Morgan fingerprint density at radius 2 is 1.46 bits per heavy atom. The molecule has 0 radical (unpaired) electrons. The van der Waals surface area contributed by atoms with Crippen LogP contribution in [0.5, 0.6) is 11.5 Å². The van der Waals surface area contributed by atoms with E-state index in [2.05, 4.69) is 0 Å². The van der Waals surface area contributed by atoms with Gasteiger partial charge in [0.15, 0.2) is 0 Å². The first-order chi connectivity index (χ1) is 13.7. The molecule has 0 atom stereocenters. The van der Waals surface area contributed by atoms with Gasteiger partial charge in [-0.15, -0.1) is 0 Å². The maximum atomic E-state index is 10.4. The van der Waals surface area contributed by atoms with Crippen LogP contribution in [0.2, 0.25) is 5.02 Å². The maximum absolute atomic E-state index is 10.4. The van der Waals surface area contributed by atoms with Crippen molar-refractivity contribution < 1.29 is 9.84 Å². The number of fused-ring (bicyclic) bond motifs is 3. The average molecular weight is 386 g/mol. The second kappa shape index (κ2) is 6.70. The first kappa shape index (κ1) is 16.8. The van der Waals surface area contributed by atoms with E-state index >= 15 is 0 Å². The van der Waals surface area contributed by atoms with Crippen LogP contribution in [0.4, 0.5) is 0 Å². The predicted molar refractivity (Wildman–Crippen MR) is 112 cm³/mol. The van der Waals surface area contributed by atoms with Gasteiger partial charge in [-0.1, -0.05) is 54.1 Å². The smallest absolute Gasteiger partial charge is 0.129 e. The minimum Gasteiger partial charge on any atom is -0.507 e. The number of aromatic nitrogens is 1. The van der Waals surface area contributed by atoms with Crippen LogP contribution in [0.3, 0.4) is 0 Å². The van der Waals surface area contributed by atoms with Crippen molar-refractivity contribution in [3.8, 4) is 45.1 Å². The molecule has 2 heterocycles. The molecule has 5 rings (SSSR count). The Hall–Kier alpha value is -3.30. The zero-order valence-corrected chi connectivity index (χ0v) is 15.6. The normalized spacial score (nSPS) is 12.0. The lowest BCUT2D eigenvalue weighted by Crippen LogP contribution is -2.09. The molecule has 1 aliphatic rings. The van der Waals surface area contributed by atoms with Crippen molar-refractivity contribution in [3.63, 3.8) is 0 Å². The van der Waals surface area contributed by atoms with Crippen LogP contribution >= 0.6 is 11.6 Å². The molecular formula is C24H16ClNO2. The maximum Gasteiger partial charge on any atom is 0.129 e. The van der Waals surface area contributed by atoms with Crippen LogP contribution in [-0.2, 0) is 6.61 Å². The third-order valence-corrected chi connectivity index (χ3v) is 5.31. The lowest BCUT2D eigenvalue weighted by atomic mass is 9.92. The van der Waals surface area contributed by atoms with E-state index in [4.69, 9.17) is 21.3 Å². The lowest BCUT2D eigenvalue weighted by molar-refractivity contribution is 0.302. The molecule has 1 aromatic heterocycles. The van der Waals surface area contributed by atoms with Crippen LogP contribution in [0.15, 0.2) is 78.9 Å². The molecule has 136 valence electrons. The Kier molecular flexibility index (Phi) is 4.03. The number of para-hydroxylation sites is 2. The van der Waals surface area contributed by atoms with Gasteiger partial charge in [0.25, 0.3) is 0 Å². The molecule has 0 unspecified atom stereocenters. The van der Waals surface area contributed by atoms with Crippen LogP contribution < -0.4 is 4.74 Å². The fourth-order valence-corrected chi connectivity index (χ4v) is 3.86. The zero-order valence-electron chi connectivity index (χ0n) is 14.9. The first-order valence-corrected chi connectivity index (χ1v) is 9.39. The van der Waals surface area contributed by atoms with Gasteiger partial charge in [-0.25, -0.2) is 4.98 Å². The van der Waals surface area contributed by atoms with Crippen molar-refractivity contribution >= 4 is 11.6 Å². The molecule has 3 nitrogen and oxygen atoms in total. The number of aromatic hydroxyl groups is 1. The summed E-state index contributed by atoms with van der Waals surface area (Å²) in [5, 5.41) is 11.1. The van der Waals surface area contributed by atoms with E-state index < -0.39 is 0 Å². The van der Waals surface area contributed by atoms with Crippen molar-refractivity contribution in [3.05, 3.63) is 89.4 Å². The van der Waals surface area contributed by atoms with Gasteiger partial charge >= 0.3 is 0 Å². The number of halogens is 1. The van der Waals surface area contributed by atoms with Gasteiger partial charge in [-0.3, -0.25) is 0 Å². The Morgan fingerprint density at radius 1 is 0.786 bits per heavy atom. The summed E-state index contributed by atoms with van der Waals surface area (Å²) < 4.78 is 5.99. The highest BCUT2D eigenvalue weighted by Gasteiger charge is 2.24. The minimum atomic E-state index is 0.195. The highest BCUT2D eigenvalue weighted by atomic mass is 35.5. The molecular weight excluding hydrogens is 370 g/mol. The molecule has 0 saturated carbocycles. The summed E-state index contributed by atoms with van der Waals surface area (Å²) in [6, 6.07) is 24.8.